The fourth-order valence-electron chi connectivity index (χ4n) is 1.74. The first-order chi connectivity index (χ1) is 9.72. The van der Waals surface area contributed by atoms with E-state index < -0.39 is 0 Å². The van der Waals surface area contributed by atoms with Gasteiger partial charge < -0.3 is 0 Å². The van der Waals surface area contributed by atoms with Crippen LogP contribution in [0.3, 0.4) is 0 Å². The van der Waals surface area contributed by atoms with Crippen LogP contribution in [-0.4, -0.2) is 0 Å². The first-order valence-electron chi connectivity index (χ1n) is 6.19. The zero-order valence-corrected chi connectivity index (χ0v) is 11.3. The lowest BCUT2D eigenvalue weighted by molar-refractivity contribution is -0.671. The minimum Gasteiger partial charge on any atom is -0.228 e. The number of benzene rings is 1. The van der Waals surface area contributed by atoms with E-state index in [0.29, 0.717) is 0 Å². The lowest BCUT2D eigenvalue weighted by Gasteiger charge is -2.08. The number of hydrogen-bond acceptors (Lipinski definition) is 1. The summed E-state index contributed by atoms with van der Waals surface area (Å²) < 4.78 is 2.00. The molecule has 1 heterocycles. The smallest absolute Gasteiger partial charge is 0.169 e. The molecular formula is C18H15N2+. The molecular weight excluding hydrogens is 244 g/mol. The van der Waals surface area contributed by atoms with Gasteiger partial charge in [0.25, 0.3) is 0 Å². The molecule has 0 bridgehead atoms. The first-order valence-corrected chi connectivity index (χ1v) is 6.19. The van der Waals surface area contributed by atoms with Crippen LogP contribution in [0.4, 0.5) is 5.69 Å². The third kappa shape index (κ3) is 3.28. The SMILES string of the molecule is C#CN(C#C)c1ccc(C=Cc2cc[n+](C)cc2)cc1. The van der Waals surface area contributed by atoms with Crippen LogP contribution in [0, 0.1) is 24.9 Å². The standard InChI is InChI=1S/C18H15N2/c1-4-20(5-2)18-10-8-16(9-11-18)6-7-17-12-14-19(3)15-13-17/h1-2,6-15H,3H3/q+1. The Kier molecular flexibility index (Phi) is 4.22. The Morgan fingerprint density at radius 3 is 1.90 bits per heavy atom. The summed E-state index contributed by atoms with van der Waals surface area (Å²) in [6.45, 7) is 0. The van der Waals surface area contributed by atoms with E-state index in [-0.39, 0.29) is 0 Å². The summed E-state index contributed by atoms with van der Waals surface area (Å²) in [5.74, 6) is 0. The highest BCUT2D eigenvalue weighted by Gasteiger charge is 1.98. The van der Waals surface area contributed by atoms with Gasteiger partial charge in [0.1, 0.15) is 7.05 Å². The van der Waals surface area contributed by atoms with Gasteiger partial charge in [-0.2, -0.15) is 0 Å². The molecule has 0 spiro atoms. The fraction of sp³-hybridized carbons (Fsp3) is 0.0556. The molecule has 0 saturated heterocycles. The molecule has 96 valence electrons. The van der Waals surface area contributed by atoms with E-state index in [1.807, 2.05) is 48.3 Å². The van der Waals surface area contributed by atoms with E-state index in [1.165, 1.54) is 4.90 Å². The molecule has 0 unspecified atom stereocenters. The molecule has 1 aromatic heterocycles. The van der Waals surface area contributed by atoms with E-state index in [2.05, 4.69) is 36.4 Å². The van der Waals surface area contributed by atoms with Crippen molar-refractivity contribution in [3.63, 3.8) is 0 Å². The molecule has 0 radical (unpaired) electrons. The largest absolute Gasteiger partial charge is 0.228 e. The van der Waals surface area contributed by atoms with Gasteiger partial charge in [-0.05, 0) is 23.3 Å². The van der Waals surface area contributed by atoms with Gasteiger partial charge in [-0.15, -0.1) is 0 Å². The fourth-order valence-corrected chi connectivity index (χ4v) is 1.74. The molecule has 0 N–H and O–H groups in total. The molecule has 2 heteroatoms. The summed E-state index contributed by atoms with van der Waals surface area (Å²) in [5, 5.41) is 0. The summed E-state index contributed by atoms with van der Waals surface area (Å²) in [4.78, 5) is 1.41. The predicted octanol–water partition coefficient (Wildman–Crippen LogP) is 2.67. The van der Waals surface area contributed by atoms with Gasteiger partial charge in [0, 0.05) is 24.2 Å². The van der Waals surface area contributed by atoms with Crippen LogP contribution in [0.5, 0.6) is 0 Å². The molecule has 2 aromatic rings. The Hall–Kier alpha value is -2.97. The normalized spacial score (nSPS) is 9.95. The molecule has 20 heavy (non-hydrogen) atoms. The van der Waals surface area contributed by atoms with Crippen molar-refractivity contribution in [2.45, 2.75) is 0 Å². The van der Waals surface area contributed by atoms with Gasteiger partial charge in [-0.1, -0.05) is 37.1 Å². The molecule has 0 saturated carbocycles. The molecule has 0 aliphatic rings. The summed E-state index contributed by atoms with van der Waals surface area (Å²) >= 11 is 0. The number of hydrogen-bond donors (Lipinski definition) is 0. The van der Waals surface area contributed by atoms with Gasteiger partial charge in [0.05, 0.1) is 5.69 Å². The first kappa shape index (κ1) is 13.5. The topological polar surface area (TPSA) is 7.12 Å². The predicted molar refractivity (Wildman–Crippen MR) is 83.1 cm³/mol. The highest BCUT2D eigenvalue weighted by molar-refractivity contribution is 5.70. The van der Waals surface area contributed by atoms with Crippen molar-refractivity contribution in [1.82, 2.24) is 0 Å². The minimum atomic E-state index is 0.818. The number of anilines is 1. The Balaban J connectivity index is 2.13. The van der Waals surface area contributed by atoms with Crippen LogP contribution in [0.1, 0.15) is 11.1 Å². The average molecular weight is 259 g/mol. The van der Waals surface area contributed by atoms with Crippen molar-refractivity contribution >= 4 is 17.8 Å². The molecule has 2 nitrogen and oxygen atoms in total. The van der Waals surface area contributed by atoms with Gasteiger partial charge in [0.2, 0.25) is 0 Å². The third-order valence-corrected chi connectivity index (χ3v) is 2.88. The Bertz CT molecular complexity index is 666. The number of aromatic nitrogens is 1. The summed E-state index contributed by atoms with van der Waals surface area (Å²) in [5.41, 5.74) is 3.07. The molecule has 0 aliphatic carbocycles. The third-order valence-electron chi connectivity index (χ3n) is 2.88. The zero-order valence-electron chi connectivity index (χ0n) is 11.3. The van der Waals surface area contributed by atoms with Gasteiger partial charge >= 0.3 is 0 Å². The maximum absolute atomic E-state index is 5.32. The minimum absolute atomic E-state index is 0.818. The molecule has 0 fully saturated rings. The van der Waals surface area contributed by atoms with E-state index in [9.17, 15) is 0 Å². The van der Waals surface area contributed by atoms with Crippen LogP contribution in [0.15, 0.2) is 48.8 Å². The number of aryl methyl sites for hydroxylation is 1. The van der Waals surface area contributed by atoms with E-state index in [4.69, 9.17) is 12.8 Å². The number of terminal acetylenes is 2. The van der Waals surface area contributed by atoms with E-state index in [1.54, 1.807) is 0 Å². The van der Waals surface area contributed by atoms with Gasteiger partial charge in [-0.3, -0.25) is 0 Å². The van der Waals surface area contributed by atoms with Crippen LogP contribution in [0.25, 0.3) is 12.2 Å². The summed E-state index contributed by atoms with van der Waals surface area (Å²) in [6.07, 6.45) is 18.8. The molecule has 1 aromatic carbocycles. The van der Waals surface area contributed by atoms with Crippen molar-refractivity contribution in [2.24, 2.45) is 7.05 Å². The molecule has 0 atom stereocenters. The lowest BCUT2D eigenvalue weighted by atomic mass is 10.1. The Labute approximate surface area is 120 Å². The quantitative estimate of drug-likeness (QED) is 0.467. The van der Waals surface area contributed by atoms with E-state index >= 15 is 0 Å². The van der Waals surface area contributed by atoms with Crippen LogP contribution in [0.2, 0.25) is 0 Å². The molecule has 2 rings (SSSR count). The summed E-state index contributed by atoms with van der Waals surface area (Å²) in [6, 6.07) is 16.8. The monoisotopic (exact) mass is 259 g/mol. The number of pyridine rings is 1. The maximum atomic E-state index is 5.32. The van der Waals surface area contributed by atoms with Crippen molar-refractivity contribution in [2.75, 3.05) is 4.90 Å². The van der Waals surface area contributed by atoms with Gasteiger partial charge in [0.15, 0.2) is 12.4 Å². The highest BCUT2D eigenvalue weighted by Crippen LogP contribution is 2.15. The highest BCUT2D eigenvalue weighted by atomic mass is 15.1. The van der Waals surface area contributed by atoms with Gasteiger partial charge in [-0.25, -0.2) is 9.47 Å². The second-order valence-corrected chi connectivity index (χ2v) is 4.32. The van der Waals surface area contributed by atoms with Crippen molar-refractivity contribution in [3.05, 3.63) is 59.9 Å². The Morgan fingerprint density at radius 2 is 1.40 bits per heavy atom. The molecule has 0 amide bonds. The van der Waals surface area contributed by atoms with Crippen LogP contribution >= 0.6 is 0 Å². The van der Waals surface area contributed by atoms with Crippen molar-refractivity contribution in [3.8, 4) is 24.9 Å². The van der Waals surface area contributed by atoms with Crippen LogP contribution < -0.4 is 9.47 Å². The second kappa shape index (κ2) is 6.27. The summed E-state index contributed by atoms with van der Waals surface area (Å²) in [7, 11) is 1.99. The zero-order chi connectivity index (χ0) is 14.4. The second-order valence-electron chi connectivity index (χ2n) is 4.32. The van der Waals surface area contributed by atoms with Crippen molar-refractivity contribution in [1.29, 1.82) is 0 Å². The molecule has 0 aliphatic heterocycles. The number of rotatable bonds is 3. The number of nitrogens with zero attached hydrogens (tertiary/aromatic N) is 2. The maximum Gasteiger partial charge on any atom is 0.169 e. The van der Waals surface area contributed by atoms with Crippen molar-refractivity contribution < 1.29 is 4.57 Å². The Morgan fingerprint density at radius 1 is 0.900 bits per heavy atom. The average Bonchev–Trinajstić information content (AvgIpc) is 2.49. The van der Waals surface area contributed by atoms with Crippen LogP contribution in [-0.2, 0) is 7.05 Å². The lowest BCUT2D eigenvalue weighted by Crippen LogP contribution is -2.25. The van der Waals surface area contributed by atoms with E-state index in [0.717, 1.165) is 16.8 Å².